The number of aliphatic hydroxyl groups is 1. The summed E-state index contributed by atoms with van der Waals surface area (Å²) >= 11 is 0. The number of aliphatic hydroxyl groups excluding tert-OH is 1. The van der Waals surface area contributed by atoms with Crippen LogP contribution in [0, 0.1) is 0 Å². The molecule has 2 rings (SSSR count). The molecule has 0 saturated heterocycles. The van der Waals surface area contributed by atoms with Gasteiger partial charge < -0.3 is 15.7 Å². The highest BCUT2D eigenvalue weighted by Gasteiger charge is 2.11. The van der Waals surface area contributed by atoms with Crippen LogP contribution in [-0.4, -0.2) is 33.6 Å². The number of rotatable bonds is 5. The van der Waals surface area contributed by atoms with Gasteiger partial charge in [-0.3, -0.25) is 0 Å². The maximum absolute atomic E-state index is 11.7. The second kappa shape index (κ2) is 6.90. The van der Waals surface area contributed by atoms with Crippen molar-refractivity contribution in [2.45, 2.75) is 25.9 Å². The number of nitrogens with zero attached hydrogens (tertiary/aromatic N) is 2. The Morgan fingerprint density at radius 3 is 2.57 bits per heavy atom. The molecule has 1 aromatic heterocycles. The van der Waals surface area contributed by atoms with Crippen molar-refractivity contribution >= 4 is 6.03 Å². The van der Waals surface area contributed by atoms with Crippen molar-refractivity contribution in [3.8, 4) is 5.69 Å². The van der Waals surface area contributed by atoms with Gasteiger partial charge in [-0.1, -0.05) is 12.1 Å². The number of hydrogen-bond acceptors (Lipinski definition) is 3. The molecule has 2 aromatic rings. The molecule has 2 amide bonds. The van der Waals surface area contributed by atoms with E-state index in [4.69, 9.17) is 5.11 Å². The summed E-state index contributed by atoms with van der Waals surface area (Å²) in [4.78, 5) is 11.7. The molecule has 0 aliphatic heterocycles. The number of benzene rings is 1. The van der Waals surface area contributed by atoms with Crippen molar-refractivity contribution in [3.05, 3.63) is 48.3 Å². The number of nitrogens with one attached hydrogen (secondary N) is 2. The fourth-order valence-corrected chi connectivity index (χ4v) is 1.93. The predicted octanol–water partition coefficient (Wildman–Crippen LogP) is 1.61. The van der Waals surface area contributed by atoms with E-state index in [0.717, 1.165) is 11.3 Å². The van der Waals surface area contributed by atoms with Crippen molar-refractivity contribution < 1.29 is 9.90 Å². The van der Waals surface area contributed by atoms with Crippen LogP contribution in [-0.2, 0) is 0 Å². The van der Waals surface area contributed by atoms with E-state index in [1.807, 2.05) is 43.5 Å². The molecule has 21 heavy (non-hydrogen) atoms. The zero-order valence-corrected chi connectivity index (χ0v) is 12.2. The molecule has 0 bridgehead atoms. The smallest absolute Gasteiger partial charge is 0.315 e. The van der Waals surface area contributed by atoms with Gasteiger partial charge in [-0.05, 0) is 37.6 Å². The fraction of sp³-hybridized carbons (Fsp3) is 0.333. The maximum atomic E-state index is 11.7. The first kappa shape index (κ1) is 15.1. The normalized spacial score (nSPS) is 13.5. The van der Waals surface area contributed by atoms with Crippen molar-refractivity contribution in [2.24, 2.45) is 0 Å². The maximum Gasteiger partial charge on any atom is 0.315 e. The highest BCUT2D eigenvalue weighted by atomic mass is 16.3. The van der Waals surface area contributed by atoms with Gasteiger partial charge in [0.05, 0.1) is 24.4 Å². The van der Waals surface area contributed by atoms with E-state index in [1.54, 1.807) is 17.8 Å². The van der Waals surface area contributed by atoms with E-state index in [9.17, 15) is 4.79 Å². The summed E-state index contributed by atoms with van der Waals surface area (Å²) in [5.74, 6) is 0. The Morgan fingerprint density at radius 2 is 2.00 bits per heavy atom. The van der Waals surface area contributed by atoms with Crippen LogP contribution in [0.1, 0.15) is 25.5 Å². The van der Waals surface area contributed by atoms with Crippen molar-refractivity contribution in [2.75, 3.05) is 6.61 Å². The van der Waals surface area contributed by atoms with Gasteiger partial charge in [-0.2, -0.15) is 5.10 Å². The van der Waals surface area contributed by atoms with Crippen molar-refractivity contribution in [1.82, 2.24) is 20.4 Å². The van der Waals surface area contributed by atoms with E-state index in [-0.39, 0.29) is 24.7 Å². The second-order valence-electron chi connectivity index (χ2n) is 4.97. The number of hydrogen-bond donors (Lipinski definition) is 3. The van der Waals surface area contributed by atoms with E-state index >= 15 is 0 Å². The Balaban J connectivity index is 1.97. The molecule has 0 saturated carbocycles. The van der Waals surface area contributed by atoms with E-state index < -0.39 is 0 Å². The Hall–Kier alpha value is -2.34. The minimum absolute atomic E-state index is 0.0830. The Bertz CT molecular complexity index is 566. The molecule has 6 heteroatoms. The molecule has 0 radical (unpaired) electrons. The highest BCUT2D eigenvalue weighted by molar-refractivity contribution is 5.74. The third kappa shape index (κ3) is 4.06. The lowest BCUT2D eigenvalue weighted by Gasteiger charge is -2.17. The minimum Gasteiger partial charge on any atom is -0.394 e. The lowest BCUT2D eigenvalue weighted by Crippen LogP contribution is -2.43. The number of urea groups is 1. The van der Waals surface area contributed by atoms with Crippen LogP contribution in [0.3, 0.4) is 0 Å². The molecule has 0 fully saturated rings. The molecule has 1 heterocycles. The van der Waals surface area contributed by atoms with E-state index in [2.05, 4.69) is 15.7 Å². The van der Waals surface area contributed by atoms with Gasteiger partial charge >= 0.3 is 6.03 Å². The lowest BCUT2D eigenvalue weighted by molar-refractivity contribution is 0.218. The quantitative estimate of drug-likeness (QED) is 0.782. The first-order chi connectivity index (χ1) is 10.1. The fourth-order valence-electron chi connectivity index (χ4n) is 1.93. The van der Waals surface area contributed by atoms with Gasteiger partial charge in [0.1, 0.15) is 0 Å². The van der Waals surface area contributed by atoms with Crippen LogP contribution in [0.25, 0.3) is 5.69 Å². The monoisotopic (exact) mass is 288 g/mol. The topological polar surface area (TPSA) is 79.2 Å². The summed E-state index contributed by atoms with van der Waals surface area (Å²) in [5, 5.41) is 18.6. The number of aromatic nitrogens is 2. The number of amides is 2. The molecule has 2 unspecified atom stereocenters. The van der Waals surface area contributed by atoms with Crippen molar-refractivity contribution in [1.29, 1.82) is 0 Å². The molecule has 0 aliphatic carbocycles. The molecular formula is C15H20N4O2. The van der Waals surface area contributed by atoms with Gasteiger partial charge in [-0.25, -0.2) is 9.48 Å². The number of carbonyl (C=O) groups excluding carboxylic acids is 1. The summed E-state index contributed by atoms with van der Waals surface area (Å²) in [6.07, 6.45) is 3.60. The predicted molar refractivity (Wildman–Crippen MR) is 80.2 cm³/mol. The third-order valence-corrected chi connectivity index (χ3v) is 3.16. The zero-order chi connectivity index (χ0) is 15.2. The third-order valence-electron chi connectivity index (χ3n) is 3.16. The van der Waals surface area contributed by atoms with Crippen LogP contribution < -0.4 is 10.6 Å². The van der Waals surface area contributed by atoms with Crippen LogP contribution in [0.5, 0.6) is 0 Å². The first-order valence-electron chi connectivity index (χ1n) is 6.88. The largest absolute Gasteiger partial charge is 0.394 e. The van der Waals surface area contributed by atoms with Gasteiger partial charge in [0.25, 0.3) is 0 Å². The Labute approximate surface area is 123 Å². The molecule has 1 aromatic carbocycles. The van der Waals surface area contributed by atoms with E-state index in [1.165, 1.54) is 0 Å². The van der Waals surface area contributed by atoms with Gasteiger partial charge in [0.2, 0.25) is 0 Å². The van der Waals surface area contributed by atoms with Crippen LogP contribution in [0.4, 0.5) is 4.79 Å². The molecule has 6 nitrogen and oxygen atoms in total. The summed E-state index contributed by atoms with van der Waals surface area (Å²) in [5.41, 5.74) is 1.96. The van der Waals surface area contributed by atoms with Crippen molar-refractivity contribution in [3.63, 3.8) is 0 Å². The second-order valence-corrected chi connectivity index (χ2v) is 4.97. The Morgan fingerprint density at radius 1 is 1.29 bits per heavy atom. The van der Waals surface area contributed by atoms with Gasteiger partial charge in [0.15, 0.2) is 0 Å². The Kier molecular flexibility index (Phi) is 4.94. The minimum atomic E-state index is -0.291. The molecule has 112 valence electrons. The van der Waals surface area contributed by atoms with Gasteiger partial charge in [0, 0.05) is 12.4 Å². The summed E-state index contributed by atoms with van der Waals surface area (Å²) in [6.45, 7) is 3.57. The summed E-state index contributed by atoms with van der Waals surface area (Å²) in [7, 11) is 0. The van der Waals surface area contributed by atoms with Crippen LogP contribution in [0.2, 0.25) is 0 Å². The molecule has 2 atom stereocenters. The number of carbonyl (C=O) groups is 1. The average Bonchev–Trinajstić information content (AvgIpc) is 3.01. The molecule has 0 aliphatic rings. The average molecular weight is 288 g/mol. The lowest BCUT2D eigenvalue weighted by atomic mass is 10.1. The highest BCUT2D eigenvalue weighted by Crippen LogP contribution is 2.15. The molecule has 3 N–H and O–H groups in total. The van der Waals surface area contributed by atoms with E-state index in [0.29, 0.717) is 0 Å². The first-order valence-corrected chi connectivity index (χ1v) is 6.88. The molecule has 0 spiro atoms. The van der Waals surface area contributed by atoms with Gasteiger partial charge in [-0.15, -0.1) is 0 Å². The van der Waals surface area contributed by atoms with Crippen LogP contribution >= 0.6 is 0 Å². The van der Waals surface area contributed by atoms with Crippen LogP contribution in [0.15, 0.2) is 42.7 Å². The SMILES string of the molecule is CC(CO)NC(=O)NC(C)c1ccc(-n2cccn2)cc1. The summed E-state index contributed by atoms with van der Waals surface area (Å²) in [6, 6.07) is 9.01. The zero-order valence-electron chi connectivity index (χ0n) is 12.2. The molecular weight excluding hydrogens is 268 g/mol. The standard InChI is InChI=1S/C15H20N4O2/c1-11(10-20)17-15(21)18-12(2)13-4-6-14(7-5-13)19-9-3-8-16-19/h3-9,11-12,20H,10H2,1-2H3,(H2,17,18,21). The summed E-state index contributed by atoms with van der Waals surface area (Å²) < 4.78 is 1.78.